The first-order chi connectivity index (χ1) is 8.66. The van der Waals surface area contributed by atoms with Crippen LogP contribution in [-0.2, 0) is 6.42 Å². The highest BCUT2D eigenvalue weighted by atomic mass is 32.1. The second kappa shape index (κ2) is 5.55. The second-order valence-corrected chi connectivity index (χ2v) is 4.57. The van der Waals surface area contributed by atoms with Crippen LogP contribution in [0.25, 0.3) is 0 Å². The van der Waals surface area contributed by atoms with Crippen molar-refractivity contribution in [1.29, 1.82) is 0 Å². The van der Waals surface area contributed by atoms with Crippen molar-refractivity contribution in [2.24, 2.45) is 0 Å². The van der Waals surface area contributed by atoms with E-state index >= 15 is 0 Å². The summed E-state index contributed by atoms with van der Waals surface area (Å²) in [5, 5.41) is 12.9. The highest BCUT2D eigenvalue weighted by molar-refractivity contribution is 7.07. The Bertz CT molecular complexity index is 537. The maximum Gasteiger partial charge on any atom is 0.335 e. The molecule has 1 aromatic carbocycles. The average Bonchev–Trinajstić information content (AvgIpc) is 2.84. The molecule has 0 amide bonds. The number of rotatable bonds is 5. The molecule has 0 aliphatic heterocycles. The Morgan fingerprint density at radius 1 is 1.39 bits per heavy atom. The van der Waals surface area contributed by atoms with Gasteiger partial charge in [0.2, 0.25) is 0 Å². The van der Waals surface area contributed by atoms with E-state index < -0.39 is 5.97 Å². The molecule has 0 bridgehead atoms. The molecule has 2 aromatic rings. The first-order valence-corrected chi connectivity index (χ1v) is 6.38. The van der Waals surface area contributed by atoms with E-state index in [9.17, 15) is 4.79 Å². The average molecular weight is 263 g/mol. The van der Waals surface area contributed by atoms with Crippen LogP contribution in [-0.4, -0.2) is 17.7 Å². The molecule has 1 aromatic heterocycles. The third kappa shape index (κ3) is 3.01. The van der Waals surface area contributed by atoms with E-state index in [1.165, 1.54) is 17.7 Å². The van der Waals surface area contributed by atoms with Crippen molar-refractivity contribution in [3.05, 3.63) is 46.2 Å². The van der Waals surface area contributed by atoms with Crippen molar-refractivity contribution in [3.8, 4) is 5.75 Å². The zero-order valence-electron chi connectivity index (χ0n) is 9.63. The Balaban J connectivity index is 2.00. The Kier molecular flexibility index (Phi) is 3.84. The summed E-state index contributed by atoms with van der Waals surface area (Å²) in [4.78, 5) is 10.8. The van der Waals surface area contributed by atoms with E-state index in [1.54, 1.807) is 17.4 Å². The lowest BCUT2D eigenvalue weighted by molar-refractivity contribution is 0.0696. The van der Waals surface area contributed by atoms with Gasteiger partial charge in [0.1, 0.15) is 5.75 Å². The van der Waals surface area contributed by atoms with Crippen LogP contribution in [0.2, 0.25) is 0 Å². The minimum Gasteiger partial charge on any atom is -0.491 e. The predicted octanol–water partition coefficient (Wildman–Crippen LogP) is 2.65. The highest BCUT2D eigenvalue weighted by Crippen LogP contribution is 2.23. The molecule has 2 rings (SSSR count). The molecule has 0 fully saturated rings. The van der Waals surface area contributed by atoms with Crippen LogP contribution < -0.4 is 10.5 Å². The molecule has 3 N–H and O–H groups in total. The van der Waals surface area contributed by atoms with Gasteiger partial charge in [0, 0.05) is 6.42 Å². The van der Waals surface area contributed by atoms with Gasteiger partial charge in [-0.3, -0.25) is 0 Å². The molecule has 0 aliphatic rings. The van der Waals surface area contributed by atoms with Gasteiger partial charge in [-0.05, 0) is 40.6 Å². The number of carboxylic acid groups (broad SMARTS) is 1. The maximum atomic E-state index is 10.8. The van der Waals surface area contributed by atoms with Gasteiger partial charge in [-0.2, -0.15) is 11.3 Å². The molecular weight excluding hydrogens is 250 g/mol. The number of hydrogen-bond acceptors (Lipinski definition) is 4. The van der Waals surface area contributed by atoms with Crippen LogP contribution in [0.1, 0.15) is 15.9 Å². The van der Waals surface area contributed by atoms with Crippen molar-refractivity contribution >= 4 is 23.0 Å². The second-order valence-electron chi connectivity index (χ2n) is 3.79. The summed E-state index contributed by atoms with van der Waals surface area (Å²) in [5.74, 6) is -0.567. The molecule has 0 saturated carbocycles. The smallest absolute Gasteiger partial charge is 0.335 e. The molecule has 4 nitrogen and oxygen atoms in total. The number of nitrogen functional groups attached to an aromatic ring is 1. The number of nitrogens with two attached hydrogens (primary N) is 1. The normalized spacial score (nSPS) is 10.2. The van der Waals surface area contributed by atoms with Crippen molar-refractivity contribution in [2.75, 3.05) is 12.3 Å². The Morgan fingerprint density at radius 3 is 2.89 bits per heavy atom. The van der Waals surface area contributed by atoms with Crippen LogP contribution in [0.3, 0.4) is 0 Å². The zero-order chi connectivity index (χ0) is 13.0. The SMILES string of the molecule is Nc1ccc(C(=O)O)cc1OCCc1ccsc1. The summed E-state index contributed by atoms with van der Waals surface area (Å²) < 4.78 is 5.52. The number of ether oxygens (including phenoxy) is 1. The van der Waals surface area contributed by atoms with Gasteiger partial charge in [0.15, 0.2) is 0 Å². The minimum absolute atomic E-state index is 0.176. The van der Waals surface area contributed by atoms with Crippen LogP contribution >= 0.6 is 11.3 Å². The first-order valence-electron chi connectivity index (χ1n) is 5.43. The standard InChI is InChI=1S/C13H13NO3S/c14-11-2-1-10(13(15)16)7-12(11)17-5-3-9-4-6-18-8-9/h1-2,4,6-8H,3,5,14H2,(H,15,16). The van der Waals surface area contributed by atoms with Gasteiger partial charge in [-0.25, -0.2) is 4.79 Å². The first kappa shape index (κ1) is 12.4. The van der Waals surface area contributed by atoms with Gasteiger partial charge in [-0.1, -0.05) is 0 Å². The zero-order valence-corrected chi connectivity index (χ0v) is 10.4. The van der Waals surface area contributed by atoms with Gasteiger partial charge in [0.25, 0.3) is 0 Å². The number of thiophene rings is 1. The van der Waals surface area contributed by atoms with Crippen LogP contribution in [0.15, 0.2) is 35.0 Å². The Labute approximate surface area is 109 Å². The van der Waals surface area contributed by atoms with Crippen molar-refractivity contribution in [2.45, 2.75) is 6.42 Å². The fourth-order valence-electron chi connectivity index (χ4n) is 1.51. The summed E-state index contributed by atoms with van der Waals surface area (Å²) in [5.41, 5.74) is 7.56. The van der Waals surface area contributed by atoms with Gasteiger partial charge >= 0.3 is 5.97 Å². The summed E-state index contributed by atoms with van der Waals surface area (Å²) in [6, 6.07) is 6.49. The number of benzene rings is 1. The van der Waals surface area contributed by atoms with Crippen molar-refractivity contribution in [1.82, 2.24) is 0 Å². The molecule has 5 heteroatoms. The molecule has 1 heterocycles. The van der Waals surface area contributed by atoms with E-state index in [4.69, 9.17) is 15.6 Å². The summed E-state index contributed by atoms with van der Waals surface area (Å²) in [7, 11) is 0. The number of hydrogen-bond donors (Lipinski definition) is 2. The third-order valence-corrected chi connectivity index (χ3v) is 3.22. The monoisotopic (exact) mass is 263 g/mol. The van der Waals surface area contributed by atoms with Crippen LogP contribution in [0.5, 0.6) is 5.75 Å². The highest BCUT2D eigenvalue weighted by Gasteiger charge is 2.07. The molecule has 0 atom stereocenters. The van der Waals surface area contributed by atoms with E-state index in [0.29, 0.717) is 18.0 Å². The number of carbonyl (C=O) groups is 1. The molecule has 0 radical (unpaired) electrons. The third-order valence-electron chi connectivity index (χ3n) is 2.49. The number of carboxylic acids is 1. The summed E-state index contributed by atoms with van der Waals surface area (Å²) in [6.07, 6.45) is 0.778. The Hall–Kier alpha value is -2.01. The molecule has 18 heavy (non-hydrogen) atoms. The maximum absolute atomic E-state index is 10.8. The molecule has 0 unspecified atom stereocenters. The fraction of sp³-hybridized carbons (Fsp3) is 0.154. The van der Waals surface area contributed by atoms with E-state index in [0.717, 1.165) is 6.42 Å². The topological polar surface area (TPSA) is 72.6 Å². The molecule has 0 spiro atoms. The summed E-state index contributed by atoms with van der Waals surface area (Å²) in [6.45, 7) is 0.476. The van der Waals surface area contributed by atoms with Crippen LogP contribution in [0.4, 0.5) is 5.69 Å². The lowest BCUT2D eigenvalue weighted by Gasteiger charge is -2.09. The molecule has 0 saturated heterocycles. The number of anilines is 1. The molecule has 0 aliphatic carbocycles. The van der Waals surface area contributed by atoms with E-state index in [-0.39, 0.29) is 5.56 Å². The lowest BCUT2D eigenvalue weighted by Crippen LogP contribution is -2.05. The van der Waals surface area contributed by atoms with Gasteiger partial charge in [0.05, 0.1) is 17.9 Å². The predicted molar refractivity (Wildman–Crippen MR) is 71.3 cm³/mol. The van der Waals surface area contributed by atoms with Gasteiger partial charge < -0.3 is 15.6 Å². The quantitative estimate of drug-likeness (QED) is 0.813. The van der Waals surface area contributed by atoms with E-state index in [2.05, 4.69) is 5.38 Å². The van der Waals surface area contributed by atoms with Crippen molar-refractivity contribution in [3.63, 3.8) is 0 Å². The molecule has 94 valence electrons. The number of aromatic carboxylic acids is 1. The fourth-order valence-corrected chi connectivity index (χ4v) is 2.21. The van der Waals surface area contributed by atoms with Crippen molar-refractivity contribution < 1.29 is 14.6 Å². The largest absolute Gasteiger partial charge is 0.491 e. The van der Waals surface area contributed by atoms with Crippen LogP contribution in [0, 0.1) is 0 Å². The van der Waals surface area contributed by atoms with Gasteiger partial charge in [-0.15, -0.1) is 0 Å². The summed E-state index contributed by atoms with van der Waals surface area (Å²) >= 11 is 1.64. The Morgan fingerprint density at radius 2 is 2.22 bits per heavy atom. The minimum atomic E-state index is -0.988. The molecular formula is C13H13NO3S. The lowest BCUT2D eigenvalue weighted by atomic mass is 10.2. The van der Waals surface area contributed by atoms with E-state index in [1.807, 2.05) is 11.4 Å².